The minimum absolute atomic E-state index is 0.0700. The highest BCUT2D eigenvalue weighted by molar-refractivity contribution is 7.84. The van der Waals surface area contributed by atoms with Crippen molar-refractivity contribution in [2.45, 2.75) is 31.9 Å². The molecule has 90 valence electrons. The molecule has 0 saturated heterocycles. The number of carbonyl (C=O) groups is 1. The SMILES string of the molecule is CCCCCS(=O)Cc1csc(C(=O)O)n1. The smallest absolute Gasteiger partial charge is 0.365 e. The molecule has 1 aromatic rings. The standard InChI is InChI=1S/C10H15NO3S2/c1-2-3-4-5-16(14)7-8-6-15-9(11-8)10(12)13/h6H,2-5,7H2,1H3,(H,12,13). The number of aromatic carboxylic acids is 1. The van der Waals surface area contributed by atoms with Crippen molar-refractivity contribution in [1.29, 1.82) is 0 Å². The number of hydrogen-bond donors (Lipinski definition) is 1. The molecule has 0 aromatic carbocycles. The van der Waals surface area contributed by atoms with Gasteiger partial charge in [-0.2, -0.15) is 0 Å². The van der Waals surface area contributed by atoms with E-state index in [-0.39, 0.29) is 5.01 Å². The van der Waals surface area contributed by atoms with Gasteiger partial charge in [-0.05, 0) is 6.42 Å². The topological polar surface area (TPSA) is 67.3 Å². The van der Waals surface area contributed by atoms with Crippen LogP contribution in [0.2, 0.25) is 0 Å². The summed E-state index contributed by atoms with van der Waals surface area (Å²) in [5, 5.41) is 10.4. The summed E-state index contributed by atoms with van der Waals surface area (Å²) in [7, 11) is -0.921. The van der Waals surface area contributed by atoms with Gasteiger partial charge < -0.3 is 5.11 Å². The number of thiazole rings is 1. The van der Waals surface area contributed by atoms with E-state index in [2.05, 4.69) is 11.9 Å². The molecular formula is C10H15NO3S2. The third-order valence-corrected chi connectivity index (χ3v) is 4.26. The Morgan fingerprint density at radius 1 is 1.56 bits per heavy atom. The third kappa shape index (κ3) is 4.40. The molecule has 0 amide bonds. The first-order valence-corrected chi connectivity index (χ1v) is 7.53. The fourth-order valence-electron chi connectivity index (χ4n) is 1.22. The lowest BCUT2D eigenvalue weighted by Crippen LogP contribution is -2.02. The Hall–Kier alpha value is -0.750. The van der Waals surface area contributed by atoms with Crippen molar-refractivity contribution >= 4 is 28.1 Å². The highest BCUT2D eigenvalue weighted by Gasteiger charge is 2.10. The zero-order chi connectivity index (χ0) is 12.0. The molecule has 0 fully saturated rings. The van der Waals surface area contributed by atoms with Gasteiger partial charge in [-0.15, -0.1) is 11.3 Å². The van der Waals surface area contributed by atoms with Crippen LogP contribution in [0.4, 0.5) is 0 Å². The summed E-state index contributed by atoms with van der Waals surface area (Å²) < 4.78 is 11.6. The monoisotopic (exact) mass is 261 g/mol. The van der Waals surface area contributed by atoms with Gasteiger partial charge in [0.15, 0.2) is 0 Å². The fourth-order valence-corrected chi connectivity index (χ4v) is 3.13. The lowest BCUT2D eigenvalue weighted by Gasteiger charge is -1.98. The maximum Gasteiger partial charge on any atom is 0.365 e. The molecule has 4 nitrogen and oxygen atoms in total. The number of aromatic nitrogens is 1. The van der Waals surface area contributed by atoms with Crippen molar-refractivity contribution in [3.63, 3.8) is 0 Å². The molecule has 1 unspecified atom stereocenters. The van der Waals surface area contributed by atoms with E-state index in [0.717, 1.165) is 30.6 Å². The van der Waals surface area contributed by atoms with E-state index in [4.69, 9.17) is 5.11 Å². The Morgan fingerprint density at radius 2 is 2.31 bits per heavy atom. The molecule has 1 rings (SSSR count). The van der Waals surface area contributed by atoms with Gasteiger partial charge in [-0.3, -0.25) is 4.21 Å². The van der Waals surface area contributed by atoms with Crippen LogP contribution in [0, 0.1) is 0 Å². The fraction of sp³-hybridized carbons (Fsp3) is 0.600. The maximum absolute atomic E-state index is 11.6. The van der Waals surface area contributed by atoms with Gasteiger partial charge >= 0.3 is 5.97 Å². The van der Waals surface area contributed by atoms with E-state index >= 15 is 0 Å². The van der Waals surface area contributed by atoms with E-state index < -0.39 is 16.8 Å². The van der Waals surface area contributed by atoms with Crippen LogP contribution in [0.5, 0.6) is 0 Å². The second kappa shape index (κ2) is 6.75. The summed E-state index contributed by atoms with van der Waals surface area (Å²) in [6.45, 7) is 2.10. The van der Waals surface area contributed by atoms with Crippen LogP contribution in [0.1, 0.15) is 41.7 Å². The number of rotatable bonds is 7. The molecule has 1 heterocycles. The predicted molar refractivity (Wildman–Crippen MR) is 65.3 cm³/mol. The van der Waals surface area contributed by atoms with Gasteiger partial charge in [-0.25, -0.2) is 9.78 Å². The van der Waals surface area contributed by atoms with Crippen LogP contribution in [0.15, 0.2) is 5.38 Å². The molecule has 1 N–H and O–H groups in total. The van der Waals surface area contributed by atoms with Crippen molar-refractivity contribution in [1.82, 2.24) is 4.98 Å². The normalized spacial score (nSPS) is 12.6. The Labute approximate surface area is 101 Å². The molecule has 0 spiro atoms. The summed E-state index contributed by atoms with van der Waals surface area (Å²) in [6, 6.07) is 0. The van der Waals surface area contributed by atoms with Crippen molar-refractivity contribution in [2.24, 2.45) is 0 Å². The van der Waals surface area contributed by atoms with Crippen LogP contribution < -0.4 is 0 Å². The quantitative estimate of drug-likeness (QED) is 0.765. The third-order valence-electron chi connectivity index (χ3n) is 2.02. The molecule has 0 radical (unpaired) electrons. The average molecular weight is 261 g/mol. The second-order valence-corrected chi connectivity index (χ2v) is 5.88. The maximum atomic E-state index is 11.6. The first-order chi connectivity index (χ1) is 7.63. The summed E-state index contributed by atoms with van der Waals surface area (Å²) in [5.74, 6) is 0.0226. The van der Waals surface area contributed by atoms with Gasteiger partial charge in [0, 0.05) is 21.9 Å². The van der Waals surface area contributed by atoms with E-state index in [1.165, 1.54) is 0 Å². The van der Waals surface area contributed by atoms with Gasteiger partial charge in [0.2, 0.25) is 5.01 Å². The number of carboxylic acid groups (broad SMARTS) is 1. The zero-order valence-corrected chi connectivity index (χ0v) is 10.8. The lowest BCUT2D eigenvalue weighted by molar-refractivity contribution is 0.0696. The largest absolute Gasteiger partial charge is 0.476 e. The minimum Gasteiger partial charge on any atom is -0.476 e. The van der Waals surface area contributed by atoms with E-state index in [1.54, 1.807) is 5.38 Å². The van der Waals surface area contributed by atoms with Crippen LogP contribution in [0.25, 0.3) is 0 Å². The highest BCUT2D eigenvalue weighted by atomic mass is 32.2. The molecule has 1 atom stereocenters. The summed E-state index contributed by atoms with van der Waals surface area (Å²) >= 11 is 1.08. The van der Waals surface area contributed by atoms with Gasteiger partial charge in [0.05, 0.1) is 11.4 Å². The summed E-state index contributed by atoms with van der Waals surface area (Å²) in [5.41, 5.74) is 0.622. The minimum atomic E-state index is -1.02. The number of unbranched alkanes of at least 4 members (excludes halogenated alkanes) is 2. The predicted octanol–water partition coefficient (Wildman–Crippen LogP) is 2.28. The van der Waals surface area contributed by atoms with Crippen molar-refractivity contribution in [3.05, 3.63) is 16.1 Å². The summed E-state index contributed by atoms with van der Waals surface area (Å²) in [4.78, 5) is 14.5. The van der Waals surface area contributed by atoms with Crippen LogP contribution in [0.3, 0.4) is 0 Å². The van der Waals surface area contributed by atoms with Gasteiger partial charge in [0.1, 0.15) is 0 Å². The molecule has 0 aliphatic rings. The Kier molecular flexibility index (Phi) is 5.62. The number of nitrogens with zero attached hydrogens (tertiary/aromatic N) is 1. The Morgan fingerprint density at radius 3 is 2.88 bits per heavy atom. The zero-order valence-electron chi connectivity index (χ0n) is 9.14. The molecule has 0 bridgehead atoms. The lowest BCUT2D eigenvalue weighted by atomic mass is 10.3. The van der Waals surface area contributed by atoms with Crippen molar-refractivity contribution < 1.29 is 14.1 Å². The van der Waals surface area contributed by atoms with Crippen LogP contribution in [-0.2, 0) is 16.6 Å². The first-order valence-electron chi connectivity index (χ1n) is 5.16. The Bertz CT molecular complexity index is 376. The molecule has 0 aliphatic carbocycles. The Balaban J connectivity index is 2.40. The average Bonchev–Trinajstić information content (AvgIpc) is 2.66. The van der Waals surface area contributed by atoms with Crippen molar-refractivity contribution in [3.8, 4) is 0 Å². The second-order valence-electron chi connectivity index (χ2n) is 3.44. The molecule has 16 heavy (non-hydrogen) atoms. The molecule has 0 saturated carbocycles. The van der Waals surface area contributed by atoms with E-state index in [9.17, 15) is 9.00 Å². The summed E-state index contributed by atoms with van der Waals surface area (Å²) in [6.07, 6.45) is 3.15. The number of carboxylic acids is 1. The van der Waals surface area contributed by atoms with E-state index in [1.807, 2.05) is 0 Å². The number of hydrogen-bond acceptors (Lipinski definition) is 4. The van der Waals surface area contributed by atoms with Gasteiger partial charge in [-0.1, -0.05) is 19.8 Å². The molecule has 6 heteroatoms. The van der Waals surface area contributed by atoms with Gasteiger partial charge in [0.25, 0.3) is 0 Å². The molecular weight excluding hydrogens is 246 g/mol. The van der Waals surface area contributed by atoms with Crippen molar-refractivity contribution in [2.75, 3.05) is 5.75 Å². The van der Waals surface area contributed by atoms with Crippen LogP contribution in [-0.4, -0.2) is 26.0 Å². The van der Waals surface area contributed by atoms with E-state index in [0.29, 0.717) is 17.2 Å². The van der Waals surface area contributed by atoms with Crippen LogP contribution >= 0.6 is 11.3 Å². The highest BCUT2D eigenvalue weighted by Crippen LogP contribution is 2.12. The molecule has 1 aromatic heterocycles. The molecule has 0 aliphatic heterocycles. The first kappa shape index (κ1) is 13.3.